The van der Waals surface area contributed by atoms with Crippen molar-refractivity contribution < 1.29 is 13.5 Å². The Morgan fingerprint density at radius 3 is 2.43 bits per heavy atom. The smallest absolute Gasteiger partial charge is 0.181 e. The molecule has 0 aliphatic heterocycles. The van der Waals surface area contributed by atoms with Crippen LogP contribution in [0, 0.1) is 0 Å². The molecule has 0 saturated carbocycles. The van der Waals surface area contributed by atoms with Gasteiger partial charge in [0.2, 0.25) is 0 Å². The van der Waals surface area contributed by atoms with Crippen LogP contribution in [0.3, 0.4) is 0 Å². The molecule has 2 N–H and O–H groups in total. The van der Waals surface area contributed by atoms with E-state index in [0.29, 0.717) is 11.1 Å². The largest absolute Gasteiger partial charge is 0.392 e. The molecule has 1 heterocycles. The Bertz CT molecular complexity index is 920. The lowest BCUT2D eigenvalue weighted by molar-refractivity contribution is 0.282. The first kappa shape index (κ1) is 15.3. The molecule has 0 bridgehead atoms. The molecular formula is C15H14N4O3S. The third-order valence-electron chi connectivity index (χ3n) is 3.46. The molecule has 0 saturated heterocycles. The molecule has 0 spiro atoms. The van der Waals surface area contributed by atoms with Crippen molar-refractivity contribution in [3.8, 4) is 22.5 Å². The van der Waals surface area contributed by atoms with Crippen LogP contribution in [0.1, 0.15) is 5.56 Å². The Hall–Kier alpha value is -2.58. The van der Waals surface area contributed by atoms with Gasteiger partial charge >= 0.3 is 0 Å². The van der Waals surface area contributed by atoms with Gasteiger partial charge in [0.05, 0.1) is 11.5 Å². The summed E-state index contributed by atoms with van der Waals surface area (Å²) in [6.45, 7) is -0.0530. The summed E-state index contributed by atoms with van der Waals surface area (Å²) in [7, 11) is -3.46. The molecule has 3 rings (SSSR count). The monoisotopic (exact) mass is 330 g/mol. The van der Waals surface area contributed by atoms with Crippen LogP contribution in [0.5, 0.6) is 0 Å². The number of tetrazole rings is 1. The molecule has 7 nitrogen and oxygen atoms in total. The van der Waals surface area contributed by atoms with Gasteiger partial charge in [0.25, 0.3) is 0 Å². The predicted octanol–water partition coefficient (Wildman–Crippen LogP) is 1.43. The van der Waals surface area contributed by atoms with Gasteiger partial charge in [-0.25, -0.2) is 13.5 Å². The van der Waals surface area contributed by atoms with Gasteiger partial charge in [0.1, 0.15) is 0 Å². The Kier molecular flexibility index (Phi) is 3.93. The highest BCUT2D eigenvalue weighted by Crippen LogP contribution is 2.35. The summed E-state index contributed by atoms with van der Waals surface area (Å²) in [6.07, 6.45) is 1.15. The van der Waals surface area contributed by atoms with Crippen LogP contribution >= 0.6 is 0 Å². The molecule has 1 aromatic heterocycles. The van der Waals surface area contributed by atoms with Gasteiger partial charge in [-0.05, 0) is 33.2 Å². The summed E-state index contributed by atoms with van der Waals surface area (Å²) in [4.78, 5) is 0.153. The van der Waals surface area contributed by atoms with Gasteiger partial charge < -0.3 is 5.11 Å². The molecule has 8 heteroatoms. The fourth-order valence-corrected chi connectivity index (χ4v) is 3.28. The third kappa shape index (κ3) is 2.99. The maximum Gasteiger partial charge on any atom is 0.181 e. The standard InChI is InChI=1S/C15H14N4O3S/c1-23(21,22)13-4-2-3-12(14(13)15-16-18-19-17-15)11-7-5-10(9-20)6-8-11/h2-8,20H,9H2,1H3,(H,16,17,18,19). The highest BCUT2D eigenvalue weighted by Gasteiger charge is 2.21. The van der Waals surface area contributed by atoms with Crippen LogP contribution in [0.15, 0.2) is 47.4 Å². The summed E-state index contributed by atoms with van der Waals surface area (Å²) >= 11 is 0. The van der Waals surface area contributed by atoms with Gasteiger partial charge in [0.15, 0.2) is 15.7 Å². The minimum atomic E-state index is -3.46. The minimum absolute atomic E-state index is 0.0530. The number of aromatic nitrogens is 4. The first-order chi connectivity index (χ1) is 11.0. The van der Waals surface area contributed by atoms with Crippen molar-refractivity contribution in [2.24, 2.45) is 0 Å². The van der Waals surface area contributed by atoms with Crippen molar-refractivity contribution >= 4 is 9.84 Å². The topological polar surface area (TPSA) is 109 Å². The van der Waals surface area contributed by atoms with E-state index in [9.17, 15) is 8.42 Å². The maximum absolute atomic E-state index is 12.1. The summed E-state index contributed by atoms with van der Waals surface area (Å²) in [5.41, 5.74) is 2.70. The molecule has 0 fully saturated rings. The second-order valence-electron chi connectivity index (χ2n) is 5.06. The fourth-order valence-electron chi connectivity index (χ4n) is 2.38. The molecule has 2 aromatic carbocycles. The fraction of sp³-hybridized carbons (Fsp3) is 0.133. The van der Waals surface area contributed by atoms with Gasteiger partial charge in [-0.3, -0.25) is 0 Å². The lowest BCUT2D eigenvalue weighted by atomic mass is 9.98. The van der Waals surface area contributed by atoms with Crippen molar-refractivity contribution in [3.63, 3.8) is 0 Å². The average Bonchev–Trinajstić information content (AvgIpc) is 3.07. The van der Waals surface area contributed by atoms with Crippen molar-refractivity contribution in [2.45, 2.75) is 11.5 Å². The van der Waals surface area contributed by atoms with E-state index in [-0.39, 0.29) is 17.3 Å². The maximum atomic E-state index is 12.1. The molecule has 0 amide bonds. The number of rotatable bonds is 4. The van der Waals surface area contributed by atoms with Crippen molar-refractivity contribution in [1.29, 1.82) is 0 Å². The number of aliphatic hydroxyl groups excluding tert-OH is 1. The van der Waals surface area contributed by atoms with Crippen LogP contribution in [0.4, 0.5) is 0 Å². The first-order valence-electron chi connectivity index (χ1n) is 6.78. The Balaban J connectivity index is 2.28. The number of benzene rings is 2. The summed E-state index contributed by atoms with van der Waals surface area (Å²) in [5.74, 6) is 0.284. The molecule has 23 heavy (non-hydrogen) atoms. The van der Waals surface area contributed by atoms with E-state index in [1.165, 1.54) is 6.07 Å². The molecular weight excluding hydrogens is 316 g/mol. The number of nitrogens with one attached hydrogen (secondary N) is 1. The SMILES string of the molecule is CS(=O)(=O)c1cccc(-c2ccc(CO)cc2)c1-c1nnn[nH]1. The van der Waals surface area contributed by atoms with Crippen LogP contribution in [0.25, 0.3) is 22.5 Å². The van der Waals surface area contributed by atoms with Gasteiger partial charge in [-0.15, -0.1) is 5.10 Å². The Morgan fingerprint density at radius 2 is 1.87 bits per heavy atom. The van der Waals surface area contributed by atoms with E-state index < -0.39 is 9.84 Å². The normalized spacial score (nSPS) is 11.6. The number of nitrogens with zero attached hydrogens (tertiary/aromatic N) is 3. The number of sulfone groups is 1. The van der Waals surface area contributed by atoms with E-state index in [4.69, 9.17) is 5.11 Å². The molecule has 0 radical (unpaired) electrons. The van der Waals surface area contributed by atoms with Crippen LogP contribution in [0.2, 0.25) is 0 Å². The van der Waals surface area contributed by atoms with Crippen LogP contribution in [-0.4, -0.2) is 40.4 Å². The van der Waals surface area contributed by atoms with Gasteiger partial charge in [-0.2, -0.15) is 0 Å². The van der Waals surface area contributed by atoms with E-state index in [0.717, 1.165) is 17.4 Å². The zero-order chi connectivity index (χ0) is 16.4. The van der Waals surface area contributed by atoms with Crippen molar-refractivity contribution in [3.05, 3.63) is 48.0 Å². The predicted molar refractivity (Wildman–Crippen MR) is 84.1 cm³/mol. The lowest BCUT2D eigenvalue weighted by Gasteiger charge is -2.12. The third-order valence-corrected chi connectivity index (χ3v) is 4.59. The van der Waals surface area contributed by atoms with Crippen LogP contribution in [-0.2, 0) is 16.4 Å². The van der Waals surface area contributed by atoms with E-state index in [1.54, 1.807) is 24.3 Å². The molecule has 0 unspecified atom stereocenters. The number of H-pyrrole nitrogens is 1. The number of hydrogen-bond acceptors (Lipinski definition) is 6. The number of aromatic amines is 1. The highest BCUT2D eigenvalue weighted by molar-refractivity contribution is 7.90. The molecule has 0 atom stereocenters. The molecule has 3 aromatic rings. The highest BCUT2D eigenvalue weighted by atomic mass is 32.2. The van der Waals surface area contributed by atoms with Crippen LogP contribution < -0.4 is 0 Å². The molecule has 0 aliphatic rings. The average molecular weight is 330 g/mol. The second-order valence-corrected chi connectivity index (χ2v) is 7.04. The first-order valence-corrected chi connectivity index (χ1v) is 8.67. The number of hydrogen-bond donors (Lipinski definition) is 2. The van der Waals surface area contributed by atoms with Gasteiger partial charge in [0, 0.05) is 11.8 Å². The lowest BCUT2D eigenvalue weighted by Crippen LogP contribution is -2.02. The molecule has 118 valence electrons. The second kappa shape index (κ2) is 5.90. The Morgan fingerprint density at radius 1 is 1.13 bits per heavy atom. The summed E-state index contributed by atoms with van der Waals surface area (Å²) in [5, 5.41) is 22.7. The van der Waals surface area contributed by atoms with E-state index in [1.807, 2.05) is 12.1 Å². The summed E-state index contributed by atoms with van der Waals surface area (Å²) in [6, 6.07) is 12.2. The van der Waals surface area contributed by atoms with Crippen molar-refractivity contribution in [2.75, 3.05) is 6.26 Å². The van der Waals surface area contributed by atoms with E-state index in [2.05, 4.69) is 20.6 Å². The van der Waals surface area contributed by atoms with Crippen molar-refractivity contribution in [1.82, 2.24) is 20.6 Å². The number of aliphatic hydroxyl groups is 1. The Labute approximate surface area is 132 Å². The van der Waals surface area contributed by atoms with E-state index >= 15 is 0 Å². The zero-order valence-corrected chi connectivity index (χ0v) is 13.1. The molecule has 0 aliphatic carbocycles. The van der Waals surface area contributed by atoms with Gasteiger partial charge in [-0.1, -0.05) is 36.4 Å². The zero-order valence-electron chi connectivity index (χ0n) is 12.3. The quantitative estimate of drug-likeness (QED) is 0.749. The minimum Gasteiger partial charge on any atom is -0.392 e. The summed E-state index contributed by atoms with van der Waals surface area (Å²) < 4.78 is 24.2.